The topological polar surface area (TPSA) is 106 Å². The average molecular weight is 474 g/mol. The standard InChI is InChI=1S/C23H21F3N4O4/c24-15-2-1-3-16(8-15)30-23(33)17(22(32)28-20(11-31)14-6-7-34-12-14)9-19(29-30)13-4-5-18(21(25)26)27-10-13/h1-5,8-10,14,20-21,31H,6-7,11-12H2,(H,28,32). The Hall–Kier alpha value is -3.57. The number of pyridine rings is 1. The number of aliphatic hydroxyl groups excluding tert-OH is 1. The van der Waals surface area contributed by atoms with Crippen LogP contribution in [0, 0.1) is 11.7 Å². The number of ether oxygens (including phenoxy) is 1. The van der Waals surface area contributed by atoms with E-state index in [9.17, 15) is 27.9 Å². The van der Waals surface area contributed by atoms with E-state index < -0.39 is 35.4 Å². The van der Waals surface area contributed by atoms with Crippen LogP contribution >= 0.6 is 0 Å². The molecule has 1 saturated heterocycles. The van der Waals surface area contributed by atoms with E-state index in [1.165, 1.54) is 30.3 Å². The molecule has 0 aliphatic carbocycles. The molecule has 11 heteroatoms. The minimum atomic E-state index is -2.76. The van der Waals surface area contributed by atoms with Crippen molar-refractivity contribution in [2.24, 2.45) is 5.92 Å². The molecule has 4 rings (SSSR count). The summed E-state index contributed by atoms with van der Waals surface area (Å²) in [5, 5.41) is 16.6. The molecule has 0 bridgehead atoms. The summed E-state index contributed by atoms with van der Waals surface area (Å²) in [5.41, 5.74) is -1.14. The van der Waals surface area contributed by atoms with Gasteiger partial charge in [-0.05, 0) is 42.8 Å². The summed E-state index contributed by atoms with van der Waals surface area (Å²) in [6.07, 6.45) is -0.972. The van der Waals surface area contributed by atoms with Crippen molar-refractivity contribution in [1.29, 1.82) is 0 Å². The lowest BCUT2D eigenvalue weighted by molar-refractivity contribution is 0.0875. The Morgan fingerprint density at radius 2 is 2.09 bits per heavy atom. The van der Waals surface area contributed by atoms with Gasteiger partial charge in [0.25, 0.3) is 17.9 Å². The highest BCUT2D eigenvalue weighted by Crippen LogP contribution is 2.22. The number of rotatable bonds is 7. The van der Waals surface area contributed by atoms with Crippen LogP contribution in [0.3, 0.4) is 0 Å². The van der Waals surface area contributed by atoms with Gasteiger partial charge in [0.15, 0.2) is 0 Å². The third-order valence-electron chi connectivity index (χ3n) is 5.56. The number of amides is 1. The van der Waals surface area contributed by atoms with Crippen molar-refractivity contribution in [3.05, 3.63) is 76.1 Å². The van der Waals surface area contributed by atoms with E-state index >= 15 is 0 Å². The van der Waals surface area contributed by atoms with Crippen LogP contribution < -0.4 is 10.9 Å². The molecule has 2 N–H and O–H groups in total. The summed E-state index contributed by atoms with van der Waals surface area (Å²) in [6, 6.07) is 8.11. The van der Waals surface area contributed by atoms with Gasteiger partial charge in [0.05, 0.1) is 30.6 Å². The Morgan fingerprint density at radius 1 is 1.26 bits per heavy atom. The first kappa shape index (κ1) is 23.6. The monoisotopic (exact) mass is 474 g/mol. The first-order chi connectivity index (χ1) is 16.4. The third kappa shape index (κ3) is 5.00. The summed E-state index contributed by atoms with van der Waals surface area (Å²) in [6.45, 7) is 0.516. The summed E-state index contributed by atoms with van der Waals surface area (Å²) >= 11 is 0. The van der Waals surface area contributed by atoms with Gasteiger partial charge in [-0.3, -0.25) is 14.6 Å². The van der Waals surface area contributed by atoms with E-state index in [0.717, 1.165) is 23.0 Å². The maximum Gasteiger partial charge on any atom is 0.284 e. The van der Waals surface area contributed by atoms with E-state index in [-0.39, 0.29) is 35.0 Å². The molecule has 2 unspecified atom stereocenters. The van der Waals surface area contributed by atoms with Crippen LogP contribution in [0.15, 0.2) is 53.5 Å². The molecule has 2 atom stereocenters. The highest BCUT2D eigenvalue weighted by Gasteiger charge is 2.28. The second-order valence-electron chi connectivity index (χ2n) is 7.80. The molecule has 34 heavy (non-hydrogen) atoms. The molecular weight excluding hydrogens is 453 g/mol. The van der Waals surface area contributed by atoms with E-state index in [2.05, 4.69) is 15.4 Å². The molecule has 1 aliphatic rings. The largest absolute Gasteiger partial charge is 0.394 e. The fourth-order valence-corrected chi connectivity index (χ4v) is 3.70. The van der Waals surface area contributed by atoms with Crippen LogP contribution in [-0.4, -0.2) is 51.6 Å². The Bertz CT molecular complexity index is 1230. The number of benzene rings is 1. The predicted octanol–water partition coefficient (Wildman–Crippen LogP) is 2.50. The second kappa shape index (κ2) is 10.1. The van der Waals surface area contributed by atoms with Gasteiger partial charge in [-0.2, -0.15) is 9.78 Å². The summed E-state index contributed by atoms with van der Waals surface area (Å²) < 4.78 is 45.8. The van der Waals surface area contributed by atoms with Gasteiger partial charge in [-0.25, -0.2) is 13.2 Å². The first-order valence-electron chi connectivity index (χ1n) is 10.5. The minimum Gasteiger partial charge on any atom is -0.394 e. The fraction of sp³-hybridized carbons (Fsp3) is 0.304. The van der Waals surface area contributed by atoms with Crippen LogP contribution in [-0.2, 0) is 4.74 Å². The van der Waals surface area contributed by atoms with Crippen molar-refractivity contribution >= 4 is 5.91 Å². The van der Waals surface area contributed by atoms with Crippen molar-refractivity contribution in [1.82, 2.24) is 20.1 Å². The van der Waals surface area contributed by atoms with Gasteiger partial charge in [-0.1, -0.05) is 6.07 Å². The second-order valence-corrected chi connectivity index (χ2v) is 7.80. The zero-order valence-corrected chi connectivity index (χ0v) is 17.8. The molecule has 3 aromatic rings. The SMILES string of the molecule is O=C(NC(CO)C1CCOC1)c1cc(-c2ccc(C(F)F)nc2)nn(-c2cccc(F)c2)c1=O. The molecule has 1 fully saturated rings. The highest BCUT2D eigenvalue weighted by atomic mass is 19.3. The molecule has 0 radical (unpaired) electrons. The van der Waals surface area contributed by atoms with E-state index in [1.54, 1.807) is 0 Å². The number of carbonyl (C=O) groups is 1. The lowest BCUT2D eigenvalue weighted by atomic mass is 9.99. The molecule has 8 nitrogen and oxygen atoms in total. The molecule has 3 heterocycles. The maximum absolute atomic E-state index is 13.8. The number of aromatic nitrogens is 3. The van der Waals surface area contributed by atoms with E-state index in [1.807, 2.05) is 0 Å². The Kier molecular flexibility index (Phi) is 7.03. The Morgan fingerprint density at radius 3 is 2.71 bits per heavy atom. The quantitative estimate of drug-likeness (QED) is 0.545. The predicted molar refractivity (Wildman–Crippen MR) is 115 cm³/mol. The molecule has 178 valence electrons. The van der Waals surface area contributed by atoms with Gasteiger partial charge < -0.3 is 15.2 Å². The van der Waals surface area contributed by atoms with Gasteiger partial charge in [0.1, 0.15) is 17.1 Å². The number of hydrogen-bond acceptors (Lipinski definition) is 6. The summed E-state index contributed by atoms with van der Waals surface area (Å²) in [5.74, 6) is -1.50. The smallest absolute Gasteiger partial charge is 0.284 e. The number of nitrogens with zero attached hydrogens (tertiary/aromatic N) is 3. The van der Waals surface area contributed by atoms with Crippen LogP contribution in [0.2, 0.25) is 0 Å². The molecule has 1 aliphatic heterocycles. The maximum atomic E-state index is 13.8. The van der Waals surface area contributed by atoms with Crippen LogP contribution in [0.25, 0.3) is 16.9 Å². The highest BCUT2D eigenvalue weighted by molar-refractivity contribution is 5.95. The normalized spacial score (nSPS) is 16.6. The summed E-state index contributed by atoms with van der Waals surface area (Å²) in [7, 11) is 0. The number of carbonyl (C=O) groups excluding carboxylic acids is 1. The fourth-order valence-electron chi connectivity index (χ4n) is 3.70. The van der Waals surface area contributed by atoms with E-state index in [4.69, 9.17) is 4.74 Å². The van der Waals surface area contributed by atoms with E-state index in [0.29, 0.717) is 19.6 Å². The number of halogens is 3. The molecule has 0 spiro atoms. The van der Waals surface area contributed by atoms with Gasteiger partial charge in [-0.15, -0.1) is 0 Å². The zero-order valence-electron chi connectivity index (χ0n) is 17.8. The van der Waals surface area contributed by atoms with Crippen molar-refractivity contribution in [2.45, 2.75) is 18.9 Å². The molecule has 1 amide bonds. The van der Waals surface area contributed by atoms with Crippen LogP contribution in [0.1, 0.15) is 28.9 Å². The lowest BCUT2D eigenvalue weighted by Crippen LogP contribution is -2.45. The Balaban J connectivity index is 1.78. The molecular formula is C23H21F3N4O4. The third-order valence-corrected chi connectivity index (χ3v) is 5.56. The van der Waals surface area contributed by atoms with Crippen molar-refractivity contribution < 1.29 is 27.8 Å². The molecule has 0 saturated carbocycles. The van der Waals surface area contributed by atoms with Gasteiger partial charge in [0.2, 0.25) is 0 Å². The Labute approximate surface area is 192 Å². The van der Waals surface area contributed by atoms with Crippen molar-refractivity contribution in [3.8, 4) is 16.9 Å². The average Bonchev–Trinajstić information content (AvgIpc) is 3.37. The van der Waals surface area contributed by atoms with Gasteiger partial charge >= 0.3 is 0 Å². The number of aliphatic hydroxyl groups is 1. The van der Waals surface area contributed by atoms with Crippen LogP contribution in [0.4, 0.5) is 13.2 Å². The minimum absolute atomic E-state index is 0.0703. The number of hydrogen-bond donors (Lipinski definition) is 2. The first-order valence-corrected chi connectivity index (χ1v) is 10.5. The van der Waals surface area contributed by atoms with Crippen molar-refractivity contribution in [2.75, 3.05) is 19.8 Å². The summed E-state index contributed by atoms with van der Waals surface area (Å²) in [4.78, 5) is 29.9. The van der Waals surface area contributed by atoms with Gasteiger partial charge in [0, 0.05) is 24.3 Å². The zero-order chi connectivity index (χ0) is 24.2. The number of alkyl halides is 2. The van der Waals surface area contributed by atoms with Crippen LogP contribution in [0.5, 0.6) is 0 Å². The molecule has 1 aromatic carbocycles. The molecule has 2 aromatic heterocycles. The number of nitrogens with one attached hydrogen (secondary N) is 1. The van der Waals surface area contributed by atoms with Crippen molar-refractivity contribution in [3.63, 3.8) is 0 Å². The lowest BCUT2D eigenvalue weighted by Gasteiger charge is -2.21.